The molecule has 24 heavy (non-hydrogen) atoms. The van der Waals surface area contributed by atoms with Gasteiger partial charge in [0.25, 0.3) is 0 Å². The fourth-order valence-electron chi connectivity index (χ4n) is 3.55. The monoisotopic (exact) mass is 353 g/mol. The Hall–Kier alpha value is -1.30. The molecule has 0 aromatic carbocycles. The molecule has 2 aliphatic carbocycles. The molecule has 0 bridgehead atoms. The molecule has 6 heteroatoms. The highest BCUT2D eigenvalue weighted by molar-refractivity contribution is 7.92. The van der Waals surface area contributed by atoms with Crippen molar-refractivity contribution < 1.29 is 17.6 Å². The van der Waals surface area contributed by atoms with Gasteiger partial charge in [0.2, 0.25) is 5.91 Å². The third-order valence-corrected chi connectivity index (χ3v) is 7.65. The summed E-state index contributed by atoms with van der Waals surface area (Å²) in [5.41, 5.74) is 0. The Balaban J connectivity index is 1.48. The second-order valence-electron chi connectivity index (χ2n) is 7.40. The minimum atomic E-state index is -3.14. The maximum atomic E-state index is 12.2. The van der Waals surface area contributed by atoms with Gasteiger partial charge in [0.1, 0.15) is 11.5 Å². The molecule has 5 nitrogen and oxygen atoms in total. The molecule has 0 unspecified atom stereocenters. The number of hydrogen-bond donors (Lipinski definition) is 0. The highest BCUT2D eigenvalue weighted by Crippen LogP contribution is 2.47. The maximum Gasteiger partial charge on any atom is 0.223 e. The van der Waals surface area contributed by atoms with E-state index >= 15 is 0 Å². The van der Waals surface area contributed by atoms with E-state index in [4.69, 9.17) is 4.42 Å². The molecular weight excluding hydrogens is 326 g/mol. The van der Waals surface area contributed by atoms with Gasteiger partial charge in [0.15, 0.2) is 9.84 Å². The lowest BCUT2D eigenvalue weighted by Gasteiger charge is -2.17. The molecule has 2 fully saturated rings. The van der Waals surface area contributed by atoms with E-state index in [1.807, 2.05) is 12.1 Å². The number of rotatable bonds is 7. The molecule has 0 spiro atoms. The maximum absolute atomic E-state index is 12.2. The molecule has 0 saturated heterocycles. The van der Waals surface area contributed by atoms with Crippen LogP contribution in [-0.4, -0.2) is 37.3 Å². The van der Waals surface area contributed by atoms with E-state index < -0.39 is 9.84 Å². The third-order valence-electron chi connectivity index (χ3n) is 5.39. The zero-order valence-electron chi connectivity index (χ0n) is 14.5. The Morgan fingerprint density at radius 3 is 2.58 bits per heavy atom. The first kappa shape index (κ1) is 17.5. The standard InChI is InChI=1S/C18H27NO4S/c1-13-11-16(13)17-8-7-14(23-17)12-19(2)18(20)9-10-24(21,22)15-5-3-4-6-15/h7-8,13,15-16H,3-6,9-12H2,1-2H3/t13-,16+/m0/s1. The highest BCUT2D eigenvalue weighted by atomic mass is 32.2. The van der Waals surface area contributed by atoms with Gasteiger partial charge in [-0.05, 0) is 37.3 Å². The first-order valence-corrected chi connectivity index (χ1v) is 10.6. The fourth-order valence-corrected chi connectivity index (χ4v) is 5.40. The largest absolute Gasteiger partial charge is 0.464 e. The minimum absolute atomic E-state index is 0.0379. The third kappa shape index (κ3) is 4.02. The van der Waals surface area contributed by atoms with Gasteiger partial charge in [-0.2, -0.15) is 0 Å². The van der Waals surface area contributed by atoms with E-state index in [-0.39, 0.29) is 23.3 Å². The number of carbonyl (C=O) groups is 1. The number of sulfone groups is 1. The second kappa shape index (κ2) is 6.90. The van der Waals surface area contributed by atoms with Crippen molar-refractivity contribution in [2.45, 2.75) is 63.2 Å². The molecule has 2 aliphatic rings. The van der Waals surface area contributed by atoms with Crippen LogP contribution in [0.15, 0.2) is 16.5 Å². The van der Waals surface area contributed by atoms with Crippen LogP contribution >= 0.6 is 0 Å². The molecule has 2 atom stereocenters. The van der Waals surface area contributed by atoms with Crippen molar-refractivity contribution in [2.24, 2.45) is 5.92 Å². The lowest BCUT2D eigenvalue weighted by atomic mass is 10.3. The molecule has 3 rings (SSSR count). The van der Waals surface area contributed by atoms with E-state index in [1.165, 1.54) is 6.42 Å². The normalized spacial score (nSPS) is 24.2. The van der Waals surface area contributed by atoms with Crippen molar-refractivity contribution in [2.75, 3.05) is 12.8 Å². The quantitative estimate of drug-likeness (QED) is 0.755. The van der Waals surface area contributed by atoms with E-state index in [2.05, 4.69) is 6.92 Å². The first-order valence-electron chi connectivity index (χ1n) is 8.91. The van der Waals surface area contributed by atoms with Crippen molar-refractivity contribution >= 4 is 15.7 Å². The molecule has 1 heterocycles. The van der Waals surface area contributed by atoms with Gasteiger partial charge in [0, 0.05) is 19.4 Å². The Bertz CT molecular complexity index is 688. The summed E-state index contributed by atoms with van der Waals surface area (Å²) in [6.07, 6.45) is 4.70. The zero-order chi connectivity index (χ0) is 17.3. The van der Waals surface area contributed by atoms with Crippen LogP contribution in [0.2, 0.25) is 0 Å². The van der Waals surface area contributed by atoms with Gasteiger partial charge in [-0.1, -0.05) is 19.8 Å². The van der Waals surface area contributed by atoms with Crippen molar-refractivity contribution in [3.05, 3.63) is 23.7 Å². The van der Waals surface area contributed by atoms with Crippen molar-refractivity contribution in [1.29, 1.82) is 0 Å². The van der Waals surface area contributed by atoms with Crippen LogP contribution in [0.1, 0.15) is 62.9 Å². The Kier molecular flexibility index (Phi) is 5.04. The van der Waals surface area contributed by atoms with Crippen LogP contribution in [0, 0.1) is 5.92 Å². The van der Waals surface area contributed by atoms with Gasteiger partial charge in [-0.25, -0.2) is 8.42 Å². The Morgan fingerprint density at radius 1 is 1.29 bits per heavy atom. The topological polar surface area (TPSA) is 67.6 Å². The van der Waals surface area contributed by atoms with E-state index in [9.17, 15) is 13.2 Å². The number of hydrogen-bond acceptors (Lipinski definition) is 4. The second-order valence-corrected chi connectivity index (χ2v) is 9.80. The summed E-state index contributed by atoms with van der Waals surface area (Å²) in [7, 11) is -1.44. The van der Waals surface area contributed by atoms with E-state index in [1.54, 1.807) is 11.9 Å². The molecule has 1 aromatic heterocycles. The lowest BCUT2D eigenvalue weighted by Crippen LogP contribution is -2.30. The molecule has 0 aliphatic heterocycles. The summed E-state index contributed by atoms with van der Waals surface area (Å²) in [6.45, 7) is 2.59. The molecule has 1 aromatic rings. The number of nitrogens with zero attached hydrogens (tertiary/aromatic N) is 1. The van der Waals surface area contributed by atoms with E-state index in [0.717, 1.165) is 37.2 Å². The molecular formula is C18H27NO4S. The van der Waals surface area contributed by atoms with Gasteiger partial charge >= 0.3 is 0 Å². The summed E-state index contributed by atoms with van der Waals surface area (Å²) in [6, 6.07) is 3.91. The number of amides is 1. The van der Waals surface area contributed by atoms with Gasteiger partial charge < -0.3 is 9.32 Å². The number of furan rings is 1. The van der Waals surface area contributed by atoms with Gasteiger partial charge in [-0.3, -0.25) is 4.79 Å². The average molecular weight is 353 g/mol. The van der Waals surface area contributed by atoms with E-state index in [0.29, 0.717) is 18.4 Å². The van der Waals surface area contributed by atoms with Crippen molar-refractivity contribution in [1.82, 2.24) is 4.90 Å². The van der Waals surface area contributed by atoms with Crippen LogP contribution < -0.4 is 0 Å². The minimum Gasteiger partial charge on any atom is -0.464 e. The van der Waals surface area contributed by atoms with Crippen LogP contribution in [0.4, 0.5) is 0 Å². The van der Waals surface area contributed by atoms with Gasteiger partial charge in [-0.15, -0.1) is 0 Å². The van der Waals surface area contributed by atoms with Crippen LogP contribution in [-0.2, 0) is 21.2 Å². The van der Waals surface area contributed by atoms with Crippen LogP contribution in [0.5, 0.6) is 0 Å². The Morgan fingerprint density at radius 2 is 1.96 bits per heavy atom. The van der Waals surface area contributed by atoms with Crippen LogP contribution in [0.25, 0.3) is 0 Å². The highest BCUT2D eigenvalue weighted by Gasteiger charge is 2.36. The van der Waals surface area contributed by atoms with Gasteiger partial charge in [0.05, 0.1) is 17.5 Å². The predicted octanol–water partition coefficient (Wildman–Crippen LogP) is 3.11. The predicted molar refractivity (Wildman–Crippen MR) is 92.4 cm³/mol. The summed E-state index contributed by atoms with van der Waals surface area (Å²) in [5, 5.41) is -0.233. The SMILES string of the molecule is C[C@H]1C[C@H]1c1ccc(CN(C)C(=O)CCS(=O)(=O)C2CCCC2)o1. The first-order chi connectivity index (χ1) is 11.4. The molecule has 0 radical (unpaired) electrons. The molecule has 0 N–H and O–H groups in total. The van der Waals surface area contributed by atoms with Crippen molar-refractivity contribution in [3.63, 3.8) is 0 Å². The zero-order valence-corrected chi connectivity index (χ0v) is 15.3. The average Bonchev–Trinajstić information content (AvgIpc) is 3.01. The summed E-state index contributed by atoms with van der Waals surface area (Å²) in [5.74, 6) is 2.79. The fraction of sp³-hybridized carbons (Fsp3) is 0.722. The van der Waals surface area contributed by atoms with Crippen LogP contribution in [0.3, 0.4) is 0 Å². The smallest absolute Gasteiger partial charge is 0.223 e. The summed E-state index contributed by atoms with van der Waals surface area (Å²) < 4.78 is 30.3. The number of carbonyl (C=O) groups excluding carboxylic acids is 1. The molecule has 2 saturated carbocycles. The van der Waals surface area contributed by atoms with Crippen molar-refractivity contribution in [3.8, 4) is 0 Å². The Labute approximate surface area is 144 Å². The lowest BCUT2D eigenvalue weighted by molar-refractivity contribution is -0.130. The molecule has 134 valence electrons. The summed E-state index contributed by atoms with van der Waals surface area (Å²) >= 11 is 0. The molecule has 1 amide bonds. The summed E-state index contributed by atoms with van der Waals surface area (Å²) in [4.78, 5) is 13.8.